The Kier molecular flexibility index (Phi) is 6.33. The van der Waals surface area contributed by atoms with Gasteiger partial charge in [-0.1, -0.05) is 6.58 Å². The van der Waals surface area contributed by atoms with Crippen molar-refractivity contribution >= 4 is 17.4 Å². The molecule has 0 aliphatic carbocycles. The molecule has 1 heterocycles. The Hall–Kier alpha value is -2.45. The highest BCUT2D eigenvalue weighted by Crippen LogP contribution is 2.29. The predicted octanol–water partition coefficient (Wildman–Crippen LogP) is 4.13. The first-order chi connectivity index (χ1) is 12.2. The van der Waals surface area contributed by atoms with Crippen LogP contribution >= 0.6 is 11.3 Å². The quantitative estimate of drug-likeness (QED) is 0.708. The molecule has 8 heteroatoms. The lowest BCUT2D eigenvalue weighted by Gasteiger charge is -2.25. The van der Waals surface area contributed by atoms with Crippen molar-refractivity contribution in [3.05, 3.63) is 53.9 Å². The lowest BCUT2D eigenvalue weighted by molar-refractivity contribution is -0.0673. The molecule has 0 fully saturated rings. The Morgan fingerprint density at radius 2 is 2.15 bits per heavy atom. The number of alkyl carbamates (subject to hydrolysis) is 1. The van der Waals surface area contributed by atoms with Gasteiger partial charge in [-0.2, -0.15) is 0 Å². The van der Waals surface area contributed by atoms with Gasteiger partial charge in [0.25, 0.3) is 0 Å². The number of carbonyl (C=O) groups is 1. The van der Waals surface area contributed by atoms with Crippen LogP contribution in [-0.4, -0.2) is 34.0 Å². The summed E-state index contributed by atoms with van der Waals surface area (Å²) < 4.78 is 18.3. The van der Waals surface area contributed by atoms with Crippen molar-refractivity contribution < 1.29 is 19.1 Å². The van der Waals surface area contributed by atoms with Gasteiger partial charge < -0.3 is 10.1 Å². The van der Waals surface area contributed by atoms with Gasteiger partial charge in [-0.25, -0.2) is 14.2 Å². The van der Waals surface area contributed by atoms with E-state index in [2.05, 4.69) is 16.9 Å². The summed E-state index contributed by atoms with van der Waals surface area (Å²) in [4.78, 5) is 16.6. The van der Waals surface area contributed by atoms with Crippen molar-refractivity contribution in [3.8, 4) is 10.6 Å². The van der Waals surface area contributed by atoms with Crippen molar-refractivity contribution in [2.75, 3.05) is 6.54 Å². The molecule has 1 atom stereocenters. The van der Waals surface area contributed by atoms with Crippen LogP contribution in [0.3, 0.4) is 0 Å². The molecule has 1 aromatic heterocycles. The van der Waals surface area contributed by atoms with E-state index in [0.29, 0.717) is 5.69 Å². The van der Waals surface area contributed by atoms with Crippen LogP contribution in [0.25, 0.3) is 10.6 Å². The number of nitrogens with zero attached hydrogens (tertiary/aromatic N) is 2. The molecule has 0 unspecified atom stereocenters. The number of rotatable bonds is 7. The third-order valence-electron chi connectivity index (χ3n) is 3.61. The van der Waals surface area contributed by atoms with Gasteiger partial charge >= 0.3 is 6.09 Å². The highest BCUT2D eigenvalue weighted by atomic mass is 32.1. The van der Waals surface area contributed by atoms with Gasteiger partial charge in [0, 0.05) is 17.1 Å². The van der Waals surface area contributed by atoms with Gasteiger partial charge in [0.1, 0.15) is 16.9 Å². The highest BCUT2D eigenvalue weighted by Gasteiger charge is 2.27. The van der Waals surface area contributed by atoms with Crippen LogP contribution in [0.5, 0.6) is 0 Å². The van der Waals surface area contributed by atoms with E-state index < -0.39 is 17.7 Å². The summed E-state index contributed by atoms with van der Waals surface area (Å²) in [6, 6.07) is 6.08. The number of hydrogen-bond acceptors (Lipinski definition) is 6. The molecule has 0 aliphatic heterocycles. The maximum absolute atomic E-state index is 13.0. The van der Waals surface area contributed by atoms with Gasteiger partial charge in [-0.05, 0) is 45.0 Å². The second-order valence-corrected chi connectivity index (χ2v) is 7.17. The predicted molar refractivity (Wildman–Crippen MR) is 98.3 cm³/mol. The van der Waals surface area contributed by atoms with Crippen LogP contribution < -0.4 is 5.32 Å². The van der Waals surface area contributed by atoms with E-state index >= 15 is 0 Å². The molecule has 2 N–H and O–H groups in total. The number of thiazole rings is 1. The summed E-state index contributed by atoms with van der Waals surface area (Å²) >= 11 is 1.41. The standard InChI is InChI=1S/C18H22FN3O3S/c1-5-22(24)10-12(2)25-17(23)21-18(3,4)15-11-26-16(20-15)13-6-8-14(19)9-7-13/h5-9,11-12,24H,1,10H2,2-4H3,(H,21,23)/t12-/m0/s1. The molecule has 140 valence electrons. The molecule has 6 nitrogen and oxygen atoms in total. The van der Waals surface area contributed by atoms with Crippen LogP contribution in [0.2, 0.25) is 0 Å². The fraction of sp³-hybridized carbons (Fsp3) is 0.333. The van der Waals surface area contributed by atoms with E-state index in [1.54, 1.807) is 19.1 Å². The minimum atomic E-state index is -0.761. The largest absolute Gasteiger partial charge is 0.445 e. The average molecular weight is 379 g/mol. The first kappa shape index (κ1) is 19.9. The van der Waals surface area contributed by atoms with Crippen LogP contribution in [0.1, 0.15) is 26.5 Å². The highest BCUT2D eigenvalue weighted by molar-refractivity contribution is 7.13. The SMILES string of the molecule is C=CN(O)C[C@H](C)OC(=O)NC(C)(C)c1csc(-c2ccc(F)cc2)n1. The van der Waals surface area contributed by atoms with Crippen LogP contribution in [0.15, 0.2) is 42.4 Å². The number of benzene rings is 1. The molecule has 0 bridgehead atoms. The molecule has 0 saturated heterocycles. The fourth-order valence-corrected chi connectivity index (χ4v) is 3.19. The van der Waals surface area contributed by atoms with Crippen molar-refractivity contribution in [3.63, 3.8) is 0 Å². The summed E-state index contributed by atoms with van der Waals surface area (Å²) in [6.45, 7) is 8.81. The monoisotopic (exact) mass is 379 g/mol. The Labute approximate surface area is 155 Å². The minimum absolute atomic E-state index is 0.114. The lowest BCUT2D eigenvalue weighted by Crippen LogP contribution is -2.43. The normalized spacial score (nSPS) is 12.3. The minimum Gasteiger partial charge on any atom is -0.445 e. The third-order valence-corrected chi connectivity index (χ3v) is 4.50. The van der Waals surface area contributed by atoms with Gasteiger partial charge in [0.2, 0.25) is 0 Å². The van der Waals surface area contributed by atoms with Gasteiger partial charge in [-0.15, -0.1) is 11.3 Å². The lowest BCUT2D eigenvalue weighted by atomic mass is 10.0. The zero-order valence-electron chi connectivity index (χ0n) is 14.9. The summed E-state index contributed by atoms with van der Waals surface area (Å²) in [5.41, 5.74) is 0.714. The van der Waals surface area contributed by atoms with E-state index in [0.717, 1.165) is 15.6 Å². The van der Waals surface area contributed by atoms with E-state index in [9.17, 15) is 14.4 Å². The summed E-state index contributed by atoms with van der Waals surface area (Å²) in [5.74, 6) is -0.303. The van der Waals surface area contributed by atoms with Crippen molar-refractivity contribution in [2.24, 2.45) is 0 Å². The molecular weight excluding hydrogens is 357 g/mol. The maximum Gasteiger partial charge on any atom is 0.408 e. The Balaban J connectivity index is 2.02. The number of halogens is 1. The molecular formula is C18H22FN3O3S. The molecule has 2 aromatic rings. The molecule has 0 radical (unpaired) electrons. The number of nitrogens with one attached hydrogen (secondary N) is 1. The third kappa shape index (κ3) is 5.27. The van der Waals surface area contributed by atoms with Crippen LogP contribution in [0.4, 0.5) is 9.18 Å². The fourth-order valence-electron chi connectivity index (χ4n) is 2.19. The molecule has 0 saturated carbocycles. The number of ether oxygens (including phenoxy) is 1. The van der Waals surface area contributed by atoms with Crippen molar-refractivity contribution in [1.82, 2.24) is 15.4 Å². The number of carbonyl (C=O) groups excluding carboxylic acids is 1. The molecule has 0 spiro atoms. The Bertz CT molecular complexity index is 761. The zero-order chi connectivity index (χ0) is 19.3. The first-order valence-electron chi connectivity index (χ1n) is 8.00. The van der Waals surface area contributed by atoms with Crippen LogP contribution in [0, 0.1) is 5.82 Å². The van der Waals surface area contributed by atoms with Crippen molar-refractivity contribution in [2.45, 2.75) is 32.4 Å². The van der Waals surface area contributed by atoms with E-state index in [-0.39, 0.29) is 12.4 Å². The second kappa shape index (κ2) is 8.29. The topological polar surface area (TPSA) is 74.7 Å². The number of aromatic nitrogens is 1. The average Bonchev–Trinajstić information content (AvgIpc) is 3.05. The first-order valence-corrected chi connectivity index (χ1v) is 8.88. The van der Waals surface area contributed by atoms with E-state index in [1.165, 1.54) is 29.7 Å². The van der Waals surface area contributed by atoms with Gasteiger partial charge in [0.15, 0.2) is 0 Å². The summed E-state index contributed by atoms with van der Waals surface area (Å²) in [7, 11) is 0. The van der Waals surface area contributed by atoms with E-state index in [1.807, 2.05) is 19.2 Å². The zero-order valence-corrected chi connectivity index (χ0v) is 15.7. The van der Waals surface area contributed by atoms with E-state index in [4.69, 9.17) is 4.74 Å². The second-order valence-electron chi connectivity index (χ2n) is 6.32. The molecule has 1 aromatic carbocycles. The number of hydrogen-bond donors (Lipinski definition) is 2. The smallest absolute Gasteiger partial charge is 0.408 e. The maximum atomic E-state index is 13.0. The summed E-state index contributed by atoms with van der Waals surface area (Å²) in [6.07, 6.45) is 0.0869. The number of amides is 1. The molecule has 2 rings (SSSR count). The van der Waals surface area contributed by atoms with Crippen LogP contribution in [-0.2, 0) is 10.3 Å². The molecule has 26 heavy (non-hydrogen) atoms. The van der Waals surface area contributed by atoms with Crippen molar-refractivity contribution in [1.29, 1.82) is 0 Å². The van der Waals surface area contributed by atoms with Gasteiger partial charge in [0.05, 0.1) is 17.8 Å². The Morgan fingerprint density at radius 1 is 1.50 bits per heavy atom. The molecule has 0 aliphatic rings. The Morgan fingerprint density at radius 3 is 2.77 bits per heavy atom. The number of hydroxylamine groups is 2. The molecule has 1 amide bonds. The van der Waals surface area contributed by atoms with Gasteiger partial charge in [-0.3, -0.25) is 10.3 Å². The summed E-state index contributed by atoms with van der Waals surface area (Å²) in [5, 5.41) is 15.5.